The summed E-state index contributed by atoms with van der Waals surface area (Å²) >= 11 is 0. The van der Waals surface area contributed by atoms with Gasteiger partial charge < -0.3 is 18.8 Å². The molecule has 7 heteroatoms. The lowest BCUT2D eigenvalue weighted by atomic mass is 10.1. The van der Waals surface area contributed by atoms with Gasteiger partial charge in [-0.2, -0.15) is 5.10 Å². The molecule has 3 heterocycles. The van der Waals surface area contributed by atoms with Crippen molar-refractivity contribution in [2.24, 2.45) is 7.05 Å². The Morgan fingerprint density at radius 1 is 0.806 bits per heavy atom. The molecule has 0 unspecified atom stereocenters. The Kier molecular flexibility index (Phi) is 4.51. The maximum atomic E-state index is 5.52. The molecule has 0 fully saturated rings. The number of benzene rings is 2. The number of methoxy groups -OCH3 is 3. The van der Waals surface area contributed by atoms with E-state index in [1.807, 2.05) is 35.8 Å². The summed E-state index contributed by atoms with van der Waals surface area (Å²) in [6.45, 7) is 0. The van der Waals surface area contributed by atoms with Crippen LogP contribution in [0.15, 0.2) is 60.9 Å². The summed E-state index contributed by atoms with van der Waals surface area (Å²) in [5.41, 5.74) is 5.57. The summed E-state index contributed by atoms with van der Waals surface area (Å²) in [6.07, 6.45) is 3.84. The standard InChI is InChI=1S/C24H22N4O3/c1-27-10-8-15-5-6-16(11-20(15)27)18-14-23-25-9-7-19(28(23)26-18)17-12-21(29-2)24(31-4)22(13-17)30-3/h5-14H,1-4H3. The summed E-state index contributed by atoms with van der Waals surface area (Å²) in [6, 6.07) is 16.2. The van der Waals surface area contributed by atoms with E-state index in [1.54, 1.807) is 27.5 Å². The first-order valence-corrected chi connectivity index (χ1v) is 9.83. The molecule has 2 aromatic carbocycles. The highest BCUT2D eigenvalue weighted by Crippen LogP contribution is 2.41. The lowest BCUT2D eigenvalue weighted by Gasteiger charge is -2.14. The number of aromatic nitrogens is 4. The number of ether oxygens (including phenoxy) is 3. The summed E-state index contributed by atoms with van der Waals surface area (Å²) in [5.74, 6) is 1.72. The van der Waals surface area contributed by atoms with Crippen LogP contribution in [0, 0.1) is 0 Å². The number of hydrogen-bond donors (Lipinski definition) is 0. The van der Waals surface area contributed by atoms with Crippen LogP contribution in [-0.4, -0.2) is 40.5 Å². The third-order valence-electron chi connectivity index (χ3n) is 5.50. The summed E-state index contributed by atoms with van der Waals surface area (Å²) in [4.78, 5) is 4.51. The molecule has 31 heavy (non-hydrogen) atoms. The minimum Gasteiger partial charge on any atom is -0.493 e. The third kappa shape index (κ3) is 3.06. The average Bonchev–Trinajstić information content (AvgIpc) is 3.41. The second-order valence-electron chi connectivity index (χ2n) is 7.24. The zero-order valence-corrected chi connectivity index (χ0v) is 17.8. The van der Waals surface area contributed by atoms with E-state index < -0.39 is 0 Å². The minimum atomic E-state index is 0.552. The topological polar surface area (TPSA) is 62.8 Å². The maximum Gasteiger partial charge on any atom is 0.203 e. The van der Waals surface area contributed by atoms with Gasteiger partial charge in [0.05, 0.1) is 32.7 Å². The van der Waals surface area contributed by atoms with Crippen molar-refractivity contribution in [3.05, 3.63) is 60.9 Å². The van der Waals surface area contributed by atoms with Crippen molar-refractivity contribution in [1.29, 1.82) is 0 Å². The van der Waals surface area contributed by atoms with E-state index >= 15 is 0 Å². The third-order valence-corrected chi connectivity index (χ3v) is 5.50. The maximum absolute atomic E-state index is 5.52. The van der Waals surface area contributed by atoms with E-state index in [9.17, 15) is 0 Å². The second-order valence-corrected chi connectivity index (χ2v) is 7.24. The Bertz CT molecular complexity index is 1390. The number of nitrogens with zero attached hydrogens (tertiary/aromatic N) is 4. The number of rotatable bonds is 5. The van der Waals surface area contributed by atoms with E-state index in [4.69, 9.17) is 19.3 Å². The Labute approximate surface area is 179 Å². The number of hydrogen-bond acceptors (Lipinski definition) is 5. The highest BCUT2D eigenvalue weighted by atomic mass is 16.5. The predicted octanol–water partition coefficient (Wildman–Crippen LogP) is 4.58. The van der Waals surface area contributed by atoms with E-state index in [0.29, 0.717) is 17.2 Å². The molecule has 3 aromatic heterocycles. The number of fused-ring (bicyclic) bond motifs is 2. The molecular formula is C24H22N4O3. The molecule has 156 valence electrons. The van der Waals surface area contributed by atoms with Crippen LogP contribution >= 0.6 is 0 Å². The molecule has 7 nitrogen and oxygen atoms in total. The van der Waals surface area contributed by atoms with Gasteiger partial charge in [0.25, 0.3) is 0 Å². The monoisotopic (exact) mass is 414 g/mol. The molecule has 0 amide bonds. The molecular weight excluding hydrogens is 392 g/mol. The van der Waals surface area contributed by atoms with Crippen molar-refractivity contribution >= 4 is 16.6 Å². The fourth-order valence-electron chi connectivity index (χ4n) is 3.91. The van der Waals surface area contributed by atoms with E-state index in [1.165, 1.54) is 5.39 Å². The van der Waals surface area contributed by atoms with Crippen molar-refractivity contribution in [1.82, 2.24) is 19.2 Å². The van der Waals surface area contributed by atoms with Gasteiger partial charge in [-0.15, -0.1) is 0 Å². The van der Waals surface area contributed by atoms with Crippen molar-refractivity contribution in [3.8, 4) is 39.8 Å². The molecule has 0 aliphatic rings. The SMILES string of the molecule is COc1cc(-c2ccnc3cc(-c4ccc5ccn(C)c5c4)nn23)cc(OC)c1OC. The van der Waals surface area contributed by atoms with Gasteiger partial charge in [0.15, 0.2) is 17.1 Å². The molecule has 0 saturated heterocycles. The summed E-state index contributed by atoms with van der Waals surface area (Å²) in [7, 11) is 6.85. The van der Waals surface area contributed by atoms with Crippen LogP contribution < -0.4 is 14.2 Å². The first-order chi connectivity index (χ1) is 15.1. The van der Waals surface area contributed by atoms with Crippen LogP contribution in [0.2, 0.25) is 0 Å². The highest BCUT2D eigenvalue weighted by molar-refractivity contribution is 5.85. The van der Waals surface area contributed by atoms with Crippen LogP contribution in [-0.2, 0) is 7.05 Å². The Hall–Kier alpha value is -4.00. The molecule has 5 aromatic rings. The first-order valence-electron chi connectivity index (χ1n) is 9.83. The fourth-order valence-corrected chi connectivity index (χ4v) is 3.91. The van der Waals surface area contributed by atoms with Crippen molar-refractivity contribution in [2.75, 3.05) is 21.3 Å². The van der Waals surface area contributed by atoms with Crippen LogP contribution in [0.5, 0.6) is 17.2 Å². The zero-order valence-electron chi connectivity index (χ0n) is 17.8. The lowest BCUT2D eigenvalue weighted by Crippen LogP contribution is -1.99. The van der Waals surface area contributed by atoms with Crippen molar-refractivity contribution in [3.63, 3.8) is 0 Å². The van der Waals surface area contributed by atoms with Gasteiger partial charge in [-0.3, -0.25) is 0 Å². The average molecular weight is 414 g/mol. The van der Waals surface area contributed by atoms with Crippen molar-refractivity contribution in [2.45, 2.75) is 0 Å². The first kappa shape index (κ1) is 19.0. The predicted molar refractivity (Wildman–Crippen MR) is 120 cm³/mol. The van der Waals surface area contributed by atoms with Gasteiger partial charge in [-0.25, -0.2) is 9.50 Å². The molecule has 0 spiro atoms. The molecule has 0 aliphatic carbocycles. The van der Waals surface area contributed by atoms with E-state index in [2.05, 4.69) is 40.0 Å². The molecule has 0 N–H and O–H groups in total. The molecule has 5 rings (SSSR count). The Morgan fingerprint density at radius 2 is 1.58 bits per heavy atom. The van der Waals surface area contributed by atoms with Crippen LogP contribution in [0.1, 0.15) is 0 Å². The van der Waals surface area contributed by atoms with Crippen molar-refractivity contribution < 1.29 is 14.2 Å². The fraction of sp³-hybridized carbons (Fsp3) is 0.167. The van der Waals surface area contributed by atoms with E-state index in [0.717, 1.165) is 33.7 Å². The largest absolute Gasteiger partial charge is 0.493 e. The quantitative estimate of drug-likeness (QED) is 0.421. The summed E-state index contributed by atoms with van der Waals surface area (Å²) < 4.78 is 20.4. The van der Waals surface area contributed by atoms with Crippen LogP contribution in [0.25, 0.3) is 39.1 Å². The molecule has 0 bridgehead atoms. The van der Waals surface area contributed by atoms with Crippen LogP contribution in [0.4, 0.5) is 0 Å². The van der Waals surface area contributed by atoms with Gasteiger partial charge in [0.1, 0.15) is 0 Å². The van der Waals surface area contributed by atoms with Crippen LogP contribution in [0.3, 0.4) is 0 Å². The van der Waals surface area contributed by atoms with E-state index in [-0.39, 0.29) is 0 Å². The van der Waals surface area contributed by atoms with Gasteiger partial charge in [0.2, 0.25) is 5.75 Å². The van der Waals surface area contributed by atoms with Gasteiger partial charge >= 0.3 is 0 Å². The summed E-state index contributed by atoms with van der Waals surface area (Å²) in [5, 5.41) is 6.07. The molecule has 0 atom stereocenters. The molecule has 0 saturated carbocycles. The number of aryl methyl sites for hydroxylation is 1. The normalized spacial score (nSPS) is 11.2. The molecule has 0 aliphatic heterocycles. The Morgan fingerprint density at radius 3 is 2.29 bits per heavy atom. The zero-order chi connectivity index (χ0) is 21.5. The lowest BCUT2D eigenvalue weighted by molar-refractivity contribution is 0.324. The Balaban J connectivity index is 1.68. The molecule has 0 radical (unpaired) electrons. The second kappa shape index (κ2) is 7.36. The van der Waals surface area contributed by atoms with Gasteiger partial charge in [-0.1, -0.05) is 12.1 Å². The van der Waals surface area contributed by atoms with Gasteiger partial charge in [0, 0.05) is 42.2 Å². The highest BCUT2D eigenvalue weighted by Gasteiger charge is 2.17. The minimum absolute atomic E-state index is 0.552. The smallest absolute Gasteiger partial charge is 0.203 e. The van der Waals surface area contributed by atoms with Gasteiger partial charge in [-0.05, 0) is 35.7 Å².